The van der Waals surface area contributed by atoms with Gasteiger partial charge in [-0.25, -0.2) is 0 Å². The molecule has 1 aliphatic carbocycles. The second-order valence-electron chi connectivity index (χ2n) is 9.19. The topological polar surface area (TPSA) is 75.4 Å². The summed E-state index contributed by atoms with van der Waals surface area (Å²) in [6.45, 7) is 4.76. The van der Waals surface area contributed by atoms with Crippen LogP contribution in [0.2, 0.25) is 0 Å². The Morgan fingerprint density at radius 2 is 1.90 bits per heavy atom. The summed E-state index contributed by atoms with van der Waals surface area (Å²) >= 11 is 0. The third-order valence-electron chi connectivity index (χ3n) is 7.43. The van der Waals surface area contributed by atoms with E-state index in [2.05, 4.69) is 36.2 Å². The highest BCUT2D eigenvalue weighted by Gasteiger charge is 2.39. The van der Waals surface area contributed by atoms with Crippen LogP contribution in [-0.4, -0.2) is 38.6 Å². The molecule has 0 bridgehead atoms. The minimum absolute atomic E-state index is 0.0215. The molecule has 4 rings (SSSR count). The third kappa shape index (κ3) is 3.77. The molecule has 166 valence electrons. The van der Waals surface area contributed by atoms with Crippen molar-refractivity contribution in [1.29, 1.82) is 0 Å². The Balaban J connectivity index is 1.84. The van der Waals surface area contributed by atoms with Crippen LogP contribution >= 0.6 is 0 Å². The highest BCUT2D eigenvalue weighted by atomic mass is 16.3. The maximum atomic E-state index is 13.0. The van der Waals surface area contributed by atoms with E-state index in [9.17, 15) is 14.7 Å². The van der Waals surface area contributed by atoms with Gasteiger partial charge in [0, 0.05) is 31.5 Å². The van der Waals surface area contributed by atoms with E-state index >= 15 is 0 Å². The number of aryl methyl sites for hydroxylation is 1. The van der Waals surface area contributed by atoms with Crippen molar-refractivity contribution in [2.45, 2.75) is 83.2 Å². The third-order valence-corrected chi connectivity index (χ3v) is 7.43. The van der Waals surface area contributed by atoms with Crippen LogP contribution in [-0.2, 0) is 24.8 Å². The Labute approximate surface area is 183 Å². The van der Waals surface area contributed by atoms with E-state index < -0.39 is 11.3 Å². The van der Waals surface area contributed by atoms with Gasteiger partial charge < -0.3 is 14.6 Å². The minimum Gasteiger partial charge on any atom is -0.501 e. The van der Waals surface area contributed by atoms with Gasteiger partial charge in [-0.1, -0.05) is 57.4 Å². The van der Waals surface area contributed by atoms with Crippen molar-refractivity contribution in [3.63, 3.8) is 0 Å². The molecular formula is C25H33N3O3. The average molecular weight is 424 g/mol. The lowest BCUT2D eigenvalue weighted by molar-refractivity contribution is 0.0636. The van der Waals surface area contributed by atoms with E-state index in [1.165, 1.54) is 17.5 Å². The van der Waals surface area contributed by atoms with Gasteiger partial charge in [0.2, 0.25) is 5.75 Å². The SMILES string of the molecule is CCc1cccc(C2(Cc3nc(=O)c(O)c4n3CC(CC)N(C)C4=O)CCCCC2)c1. The fraction of sp³-hybridized carbons (Fsp3) is 0.560. The zero-order valence-corrected chi connectivity index (χ0v) is 18.9. The van der Waals surface area contributed by atoms with Crippen LogP contribution in [0.5, 0.6) is 5.75 Å². The maximum absolute atomic E-state index is 13.0. The van der Waals surface area contributed by atoms with E-state index in [-0.39, 0.29) is 23.1 Å². The Kier molecular flexibility index (Phi) is 5.91. The molecule has 1 aromatic carbocycles. The summed E-state index contributed by atoms with van der Waals surface area (Å²) in [5.74, 6) is -0.204. The molecule has 1 aromatic heterocycles. The molecular weight excluding hydrogens is 390 g/mol. The summed E-state index contributed by atoms with van der Waals surface area (Å²) in [6.07, 6.45) is 7.98. The van der Waals surface area contributed by atoms with Crippen molar-refractivity contribution >= 4 is 5.91 Å². The van der Waals surface area contributed by atoms with Gasteiger partial charge in [-0.05, 0) is 36.8 Å². The number of carbonyl (C=O) groups excluding carboxylic acids is 1. The second-order valence-corrected chi connectivity index (χ2v) is 9.19. The van der Waals surface area contributed by atoms with E-state index in [0.717, 1.165) is 38.5 Å². The lowest BCUT2D eigenvalue weighted by Gasteiger charge is -2.40. The van der Waals surface area contributed by atoms with Crippen molar-refractivity contribution in [1.82, 2.24) is 14.5 Å². The first kappa shape index (κ1) is 21.6. The molecule has 31 heavy (non-hydrogen) atoms. The van der Waals surface area contributed by atoms with E-state index in [1.807, 2.05) is 11.5 Å². The van der Waals surface area contributed by atoms with Gasteiger partial charge in [0.15, 0.2) is 5.69 Å². The average Bonchev–Trinajstić information content (AvgIpc) is 2.79. The number of hydrogen-bond acceptors (Lipinski definition) is 4. The van der Waals surface area contributed by atoms with Crippen molar-refractivity contribution in [3.05, 3.63) is 57.3 Å². The van der Waals surface area contributed by atoms with E-state index in [0.29, 0.717) is 18.8 Å². The van der Waals surface area contributed by atoms with Crippen LogP contribution in [0, 0.1) is 0 Å². The fourth-order valence-corrected chi connectivity index (χ4v) is 5.43. The molecule has 1 atom stereocenters. The van der Waals surface area contributed by atoms with E-state index in [1.54, 1.807) is 11.9 Å². The molecule has 1 unspecified atom stereocenters. The Morgan fingerprint density at radius 3 is 2.58 bits per heavy atom. The number of benzene rings is 1. The van der Waals surface area contributed by atoms with Crippen LogP contribution in [0.4, 0.5) is 0 Å². The predicted molar refractivity (Wildman–Crippen MR) is 121 cm³/mol. The Hall–Kier alpha value is -2.63. The molecule has 0 radical (unpaired) electrons. The number of nitrogens with zero attached hydrogens (tertiary/aromatic N) is 3. The fourth-order valence-electron chi connectivity index (χ4n) is 5.43. The molecule has 1 aliphatic heterocycles. The molecule has 1 fully saturated rings. The Morgan fingerprint density at radius 1 is 1.16 bits per heavy atom. The van der Waals surface area contributed by atoms with Crippen molar-refractivity contribution in [2.24, 2.45) is 0 Å². The van der Waals surface area contributed by atoms with Gasteiger partial charge in [0.05, 0.1) is 0 Å². The largest absolute Gasteiger partial charge is 0.501 e. The zero-order valence-electron chi connectivity index (χ0n) is 18.9. The maximum Gasteiger partial charge on any atom is 0.315 e. The first-order chi connectivity index (χ1) is 14.9. The normalized spacial score (nSPS) is 20.5. The number of likely N-dealkylation sites (N-methyl/N-ethyl adjacent to an activating group) is 1. The summed E-state index contributed by atoms with van der Waals surface area (Å²) in [5.41, 5.74) is 1.90. The standard InChI is InChI=1S/C25H33N3O3/c1-4-17-10-9-11-18(14-17)25(12-7-6-8-13-25)15-20-26-23(30)22(29)21-24(31)27(3)19(5-2)16-28(20)21/h9-11,14,19,29H,4-8,12-13,15-16H2,1-3H3. The molecule has 1 amide bonds. The van der Waals surface area contributed by atoms with Crippen LogP contribution in [0.15, 0.2) is 29.1 Å². The van der Waals surface area contributed by atoms with Gasteiger partial charge in [-0.15, -0.1) is 0 Å². The van der Waals surface area contributed by atoms with Crippen LogP contribution in [0.1, 0.15) is 79.8 Å². The van der Waals surface area contributed by atoms with E-state index in [4.69, 9.17) is 0 Å². The molecule has 1 N–H and O–H groups in total. The van der Waals surface area contributed by atoms with Gasteiger partial charge >= 0.3 is 5.56 Å². The quantitative estimate of drug-likeness (QED) is 0.793. The van der Waals surface area contributed by atoms with Gasteiger partial charge in [-0.2, -0.15) is 4.98 Å². The summed E-state index contributed by atoms with van der Waals surface area (Å²) in [6, 6.07) is 8.81. The number of hydrogen-bond donors (Lipinski definition) is 1. The Bertz CT molecular complexity index is 1040. The number of amides is 1. The van der Waals surface area contributed by atoms with Crippen LogP contribution < -0.4 is 5.56 Å². The monoisotopic (exact) mass is 423 g/mol. The molecule has 0 saturated heterocycles. The lowest BCUT2D eigenvalue weighted by Crippen LogP contribution is -2.48. The highest BCUT2D eigenvalue weighted by Crippen LogP contribution is 2.42. The molecule has 2 aromatic rings. The second kappa shape index (κ2) is 8.48. The smallest absolute Gasteiger partial charge is 0.315 e. The number of aromatic nitrogens is 2. The summed E-state index contributed by atoms with van der Waals surface area (Å²) in [7, 11) is 1.74. The van der Waals surface area contributed by atoms with Gasteiger partial charge in [-0.3, -0.25) is 9.59 Å². The summed E-state index contributed by atoms with van der Waals surface area (Å²) in [5, 5.41) is 10.4. The summed E-state index contributed by atoms with van der Waals surface area (Å²) < 4.78 is 1.83. The molecule has 6 heteroatoms. The van der Waals surface area contributed by atoms with Crippen molar-refractivity contribution in [2.75, 3.05) is 7.05 Å². The molecule has 1 saturated carbocycles. The van der Waals surface area contributed by atoms with Crippen LogP contribution in [0.25, 0.3) is 0 Å². The molecule has 6 nitrogen and oxygen atoms in total. The van der Waals surface area contributed by atoms with Crippen LogP contribution in [0.3, 0.4) is 0 Å². The lowest BCUT2D eigenvalue weighted by atomic mass is 9.67. The number of carbonyl (C=O) groups is 1. The number of aromatic hydroxyl groups is 1. The van der Waals surface area contributed by atoms with Crippen molar-refractivity contribution in [3.8, 4) is 5.75 Å². The predicted octanol–water partition coefficient (Wildman–Crippen LogP) is 3.82. The molecule has 0 spiro atoms. The minimum atomic E-state index is -0.703. The first-order valence-corrected chi connectivity index (χ1v) is 11.6. The molecule has 2 aliphatic rings. The van der Waals surface area contributed by atoms with Crippen molar-refractivity contribution < 1.29 is 9.90 Å². The first-order valence-electron chi connectivity index (χ1n) is 11.6. The van der Waals surface area contributed by atoms with Gasteiger partial charge in [0.1, 0.15) is 5.82 Å². The molecule has 2 heterocycles. The number of fused-ring (bicyclic) bond motifs is 1. The zero-order chi connectivity index (χ0) is 22.2. The summed E-state index contributed by atoms with van der Waals surface area (Å²) in [4.78, 5) is 31.5. The van der Waals surface area contributed by atoms with Gasteiger partial charge in [0.25, 0.3) is 5.91 Å². The highest BCUT2D eigenvalue weighted by molar-refractivity contribution is 5.95. The number of rotatable bonds is 5.